The molecule has 6 aromatic carbocycles. The summed E-state index contributed by atoms with van der Waals surface area (Å²) in [6, 6.07) is 58.3. The predicted octanol–water partition coefficient (Wildman–Crippen LogP) is 10.1. The third-order valence-corrected chi connectivity index (χ3v) is 14.4. The Labute approximate surface area is 354 Å². The van der Waals surface area contributed by atoms with E-state index in [0.717, 1.165) is 31.8 Å². The number of hydrogen-bond donors (Lipinski definition) is 0. The van der Waals surface area contributed by atoms with Crippen molar-refractivity contribution in [2.24, 2.45) is 11.8 Å². The Bertz CT molecular complexity index is 1690. The zero-order valence-electron chi connectivity index (χ0n) is 29.0. The van der Waals surface area contributed by atoms with Gasteiger partial charge < -0.3 is 23.0 Å². The van der Waals surface area contributed by atoms with Crippen molar-refractivity contribution in [2.45, 2.75) is 18.8 Å². The molecule has 0 aliphatic carbocycles. The third-order valence-electron chi connectivity index (χ3n) is 8.21. The summed E-state index contributed by atoms with van der Waals surface area (Å²) >= 11 is 0. The molecule has 0 amide bonds. The van der Waals surface area contributed by atoms with Crippen molar-refractivity contribution in [3.63, 3.8) is 0 Å². The van der Waals surface area contributed by atoms with Gasteiger partial charge in [-0.3, -0.25) is 0 Å². The topological polar surface area (TPSA) is 34.1 Å². The second kappa shape index (κ2) is 20.7. The largest absolute Gasteiger partial charge is 2.00 e. The normalized spacial score (nSPS) is 12.7. The van der Waals surface area contributed by atoms with E-state index in [0.29, 0.717) is 0 Å². The smallest absolute Gasteiger partial charge is 0.332 e. The summed E-state index contributed by atoms with van der Waals surface area (Å²) in [5, 5.41) is 5.24. The Hall–Kier alpha value is -3.06. The van der Waals surface area contributed by atoms with Crippen LogP contribution in [0.1, 0.15) is 6.42 Å². The summed E-state index contributed by atoms with van der Waals surface area (Å²) in [4.78, 5) is 0. The van der Waals surface area contributed by atoms with Crippen molar-refractivity contribution in [1.29, 1.82) is 0 Å². The van der Waals surface area contributed by atoms with E-state index in [9.17, 15) is 35.5 Å². The molecule has 2 nitrogen and oxygen atoms in total. The summed E-state index contributed by atoms with van der Waals surface area (Å²) in [5.74, 6) is -4.45. The SMILES string of the molecule is O=P(c1ccccc1)(c1ccccc1)c1ccccc1.O=P(c1ccccc1)(c1ccccc1)c1ccccc1.[CH2-]C(CC([CH2-])C(F)(F)F)C(F)(F)F.[Eu+2]. The standard InChI is InChI=1S/2C18H15OP.C7H8F6.Eu/c2*19-20(16-10-4-1-5-11-16,17-12-6-2-7-13-17)18-14-8-3-9-15-18;1-4(6(8,9)10)3-5(2)7(11,12)13;/h2*1-15H;4-5H,1-3H2;/q;;-2;+2. The van der Waals surface area contributed by atoms with Gasteiger partial charge in [0.05, 0.1) is 0 Å². The molecule has 1 radical (unpaired) electrons. The van der Waals surface area contributed by atoms with Crippen molar-refractivity contribution < 1.29 is 84.8 Å². The van der Waals surface area contributed by atoms with Crippen LogP contribution in [0.3, 0.4) is 0 Å². The fourth-order valence-corrected chi connectivity index (χ4v) is 10.7. The van der Waals surface area contributed by atoms with E-state index in [2.05, 4.69) is 13.8 Å². The van der Waals surface area contributed by atoms with Crippen LogP contribution in [-0.4, -0.2) is 12.4 Å². The number of hydrogen-bond acceptors (Lipinski definition) is 2. The number of halogens is 6. The van der Waals surface area contributed by atoms with Crippen molar-refractivity contribution in [3.05, 3.63) is 196 Å². The molecular weight excluding hydrogens is 876 g/mol. The minimum absolute atomic E-state index is 0. The first kappa shape index (κ1) is 45.3. The van der Waals surface area contributed by atoms with Crippen LogP contribution in [0, 0.1) is 75.1 Å². The summed E-state index contributed by atoms with van der Waals surface area (Å²) in [7, 11) is -5.55. The molecule has 11 heteroatoms. The Morgan fingerprint density at radius 1 is 0.370 bits per heavy atom. The second-order valence-electron chi connectivity index (χ2n) is 11.9. The molecule has 6 aromatic rings. The van der Waals surface area contributed by atoms with Gasteiger partial charge in [-0.25, -0.2) is 0 Å². The zero-order chi connectivity index (χ0) is 38.5. The van der Waals surface area contributed by atoms with Crippen LogP contribution in [0.2, 0.25) is 0 Å². The summed E-state index contributed by atoms with van der Waals surface area (Å²) < 4.78 is 98.1. The minimum atomic E-state index is -4.69. The molecule has 0 saturated heterocycles. The fourth-order valence-electron chi connectivity index (χ4n) is 5.33. The second-order valence-corrected chi connectivity index (χ2v) is 17.5. The van der Waals surface area contributed by atoms with Gasteiger partial charge in [0, 0.05) is 31.8 Å². The molecule has 281 valence electrons. The number of benzene rings is 6. The molecule has 0 spiro atoms. The molecule has 0 fully saturated rings. The third kappa shape index (κ3) is 12.0. The quantitative estimate of drug-likeness (QED) is 0.0867. The molecule has 0 saturated carbocycles. The van der Waals surface area contributed by atoms with Gasteiger partial charge in [-0.2, -0.15) is 26.3 Å². The monoisotopic (exact) mass is 915 g/mol. The number of alkyl halides is 6. The van der Waals surface area contributed by atoms with Gasteiger partial charge in [-0.15, -0.1) is 0 Å². The van der Waals surface area contributed by atoms with Crippen LogP contribution < -0.4 is 31.8 Å². The van der Waals surface area contributed by atoms with E-state index in [1.54, 1.807) is 0 Å². The van der Waals surface area contributed by atoms with Crippen LogP contribution in [0.15, 0.2) is 182 Å². The Balaban J connectivity index is 0.000000222. The molecule has 0 aliphatic rings. The maximum atomic E-state index is 13.8. The first-order valence-electron chi connectivity index (χ1n) is 16.5. The molecule has 2 unspecified atom stereocenters. The van der Waals surface area contributed by atoms with E-state index in [-0.39, 0.29) is 49.4 Å². The molecule has 0 heterocycles. The minimum Gasteiger partial charge on any atom is -0.332 e. The molecule has 0 bridgehead atoms. The zero-order valence-corrected chi connectivity index (χ0v) is 33.2. The summed E-state index contributed by atoms with van der Waals surface area (Å²) in [6.45, 7) is 5.20. The van der Waals surface area contributed by atoms with Crippen molar-refractivity contribution >= 4 is 46.1 Å². The van der Waals surface area contributed by atoms with Crippen molar-refractivity contribution in [2.75, 3.05) is 0 Å². The molecule has 0 aromatic heterocycles. The maximum Gasteiger partial charge on any atom is 2.00 e. The van der Waals surface area contributed by atoms with Crippen molar-refractivity contribution in [1.82, 2.24) is 0 Å². The van der Waals surface area contributed by atoms with Gasteiger partial charge in [-0.05, 0) is 0 Å². The van der Waals surface area contributed by atoms with Crippen LogP contribution in [0.5, 0.6) is 0 Å². The summed E-state index contributed by atoms with van der Waals surface area (Å²) in [5.41, 5.74) is 0. The molecule has 0 aliphatic heterocycles. The molecule has 0 N–H and O–H groups in total. The van der Waals surface area contributed by atoms with E-state index in [1.165, 1.54) is 0 Å². The Kier molecular flexibility index (Phi) is 17.4. The van der Waals surface area contributed by atoms with Gasteiger partial charge in [0.1, 0.15) is 0 Å². The van der Waals surface area contributed by atoms with Crippen LogP contribution in [-0.2, 0) is 9.13 Å². The van der Waals surface area contributed by atoms with Gasteiger partial charge in [0.15, 0.2) is 14.3 Å². The average Bonchev–Trinajstić information content (AvgIpc) is 3.19. The van der Waals surface area contributed by atoms with Crippen molar-refractivity contribution in [3.8, 4) is 0 Å². The Morgan fingerprint density at radius 2 is 0.519 bits per heavy atom. The van der Waals surface area contributed by atoms with E-state index in [4.69, 9.17) is 0 Å². The van der Waals surface area contributed by atoms with Crippen LogP contribution in [0.4, 0.5) is 26.3 Å². The van der Waals surface area contributed by atoms with Gasteiger partial charge in [0.25, 0.3) is 0 Å². The molecular formula is C43H38EuF6O2P2. The van der Waals surface area contributed by atoms with E-state index < -0.39 is 44.9 Å². The first-order valence-corrected chi connectivity index (χ1v) is 19.9. The molecule has 6 rings (SSSR count). The predicted molar refractivity (Wildman–Crippen MR) is 206 cm³/mol. The Morgan fingerprint density at radius 3 is 0.648 bits per heavy atom. The van der Waals surface area contributed by atoms with E-state index in [1.807, 2.05) is 182 Å². The van der Waals surface area contributed by atoms with Gasteiger partial charge in [0.2, 0.25) is 0 Å². The van der Waals surface area contributed by atoms with Crippen LogP contribution in [0.25, 0.3) is 0 Å². The summed E-state index contributed by atoms with van der Waals surface area (Å²) in [6.07, 6.45) is -10.5. The first-order chi connectivity index (χ1) is 25.2. The molecule has 2 atom stereocenters. The van der Waals surface area contributed by atoms with Gasteiger partial charge >= 0.3 is 61.7 Å². The number of rotatable bonds is 8. The van der Waals surface area contributed by atoms with Gasteiger partial charge in [-0.1, -0.05) is 200 Å². The fraction of sp³-hybridized carbons (Fsp3) is 0.116. The average molecular weight is 915 g/mol. The van der Waals surface area contributed by atoms with E-state index >= 15 is 0 Å². The van der Waals surface area contributed by atoms with Crippen LogP contribution >= 0.6 is 14.3 Å². The molecule has 54 heavy (non-hydrogen) atoms. The maximum absolute atomic E-state index is 13.8.